The summed E-state index contributed by atoms with van der Waals surface area (Å²) in [5.41, 5.74) is 6.58. The van der Waals surface area contributed by atoms with Crippen LogP contribution in [0.4, 0.5) is 5.13 Å². The lowest BCUT2D eigenvalue weighted by atomic mass is 10.0. The van der Waals surface area contributed by atoms with Gasteiger partial charge in [0.2, 0.25) is 10.0 Å². The summed E-state index contributed by atoms with van der Waals surface area (Å²) in [4.78, 5) is 24.8. The molecule has 202 valence electrons. The number of pyridine rings is 1. The summed E-state index contributed by atoms with van der Waals surface area (Å²) in [6.07, 6.45) is 4.10. The molecule has 2 aromatic heterocycles. The molecule has 40 heavy (non-hydrogen) atoms. The van der Waals surface area contributed by atoms with Gasteiger partial charge in [0.15, 0.2) is 5.13 Å². The van der Waals surface area contributed by atoms with Gasteiger partial charge in [-0.05, 0) is 84.5 Å². The first-order valence-electron chi connectivity index (χ1n) is 13.1. The number of aromatic nitrogens is 2. The standard InChI is InChI=1S/C31H28N4O3S2/c1-21-9-14-28-29(22(21)2)33-31(39-28)35(19-23-6-5-16-32-18-23)30(36)25-10-12-27(13-11-25)40(37,38)34-17-15-24-7-3-4-8-26(24)20-34/h3-14,16,18H,15,17,19-20H2,1-2H3. The van der Waals surface area contributed by atoms with Crippen LogP contribution in [0, 0.1) is 13.8 Å². The maximum Gasteiger partial charge on any atom is 0.260 e. The van der Waals surface area contributed by atoms with Gasteiger partial charge in [-0.15, -0.1) is 0 Å². The number of carbonyl (C=O) groups is 1. The molecule has 5 aromatic rings. The lowest BCUT2D eigenvalue weighted by Crippen LogP contribution is -2.36. The van der Waals surface area contributed by atoms with Gasteiger partial charge in [0.05, 0.1) is 21.7 Å². The summed E-state index contributed by atoms with van der Waals surface area (Å²) >= 11 is 1.46. The molecule has 3 heterocycles. The molecular weight excluding hydrogens is 541 g/mol. The Morgan fingerprint density at radius 1 is 0.975 bits per heavy atom. The average molecular weight is 569 g/mol. The van der Waals surface area contributed by atoms with Crippen LogP contribution in [0.25, 0.3) is 10.2 Å². The van der Waals surface area contributed by atoms with Gasteiger partial charge in [0.1, 0.15) is 0 Å². The molecule has 1 aliphatic rings. The zero-order valence-electron chi connectivity index (χ0n) is 22.2. The van der Waals surface area contributed by atoms with Crippen LogP contribution >= 0.6 is 11.3 Å². The van der Waals surface area contributed by atoms with E-state index in [0.29, 0.717) is 30.2 Å². The Kier molecular flexibility index (Phi) is 6.95. The highest BCUT2D eigenvalue weighted by atomic mass is 32.2. The quantitative estimate of drug-likeness (QED) is 0.255. The first kappa shape index (κ1) is 26.3. The van der Waals surface area contributed by atoms with E-state index in [4.69, 9.17) is 4.98 Å². The number of rotatable bonds is 6. The normalized spacial score (nSPS) is 13.8. The minimum atomic E-state index is -3.70. The van der Waals surface area contributed by atoms with E-state index in [2.05, 4.69) is 11.1 Å². The molecule has 0 N–H and O–H groups in total. The van der Waals surface area contributed by atoms with Gasteiger partial charge in [0, 0.05) is 31.0 Å². The van der Waals surface area contributed by atoms with Crippen molar-refractivity contribution in [2.24, 2.45) is 0 Å². The monoisotopic (exact) mass is 568 g/mol. The molecule has 0 atom stereocenters. The Morgan fingerprint density at radius 3 is 2.50 bits per heavy atom. The summed E-state index contributed by atoms with van der Waals surface area (Å²) < 4.78 is 29.4. The second kappa shape index (κ2) is 10.6. The zero-order valence-corrected chi connectivity index (χ0v) is 23.9. The number of sulfonamides is 1. The molecule has 0 fully saturated rings. The van der Waals surface area contributed by atoms with Crippen LogP contribution in [0.5, 0.6) is 0 Å². The predicted octanol–water partition coefficient (Wildman–Crippen LogP) is 5.90. The number of fused-ring (bicyclic) bond motifs is 2. The van der Waals surface area contributed by atoms with E-state index in [1.54, 1.807) is 29.4 Å². The third-order valence-electron chi connectivity index (χ3n) is 7.45. The summed E-state index contributed by atoms with van der Waals surface area (Å²) in [7, 11) is -3.70. The predicted molar refractivity (Wildman–Crippen MR) is 158 cm³/mol. The zero-order chi connectivity index (χ0) is 27.9. The third kappa shape index (κ3) is 4.92. The molecule has 0 unspecified atom stereocenters. The summed E-state index contributed by atoms with van der Waals surface area (Å²) in [5, 5.41) is 0.584. The Hall–Kier alpha value is -3.92. The molecule has 3 aromatic carbocycles. The molecule has 0 spiro atoms. The maximum atomic E-state index is 13.9. The second-order valence-electron chi connectivity index (χ2n) is 9.98. The van der Waals surface area contributed by atoms with Gasteiger partial charge in [-0.2, -0.15) is 4.31 Å². The largest absolute Gasteiger partial charge is 0.279 e. The molecular formula is C31H28N4O3S2. The number of anilines is 1. The molecule has 7 nitrogen and oxygen atoms in total. The SMILES string of the molecule is Cc1ccc2sc(N(Cc3cccnc3)C(=O)c3ccc(S(=O)(=O)N4CCc5ccccc5C4)cc3)nc2c1C. The smallest absolute Gasteiger partial charge is 0.260 e. The molecule has 0 saturated heterocycles. The van der Waals surface area contributed by atoms with E-state index in [0.717, 1.165) is 32.5 Å². The van der Waals surface area contributed by atoms with Gasteiger partial charge in [-0.3, -0.25) is 14.7 Å². The van der Waals surface area contributed by atoms with Gasteiger partial charge in [0.25, 0.3) is 5.91 Å². The first-order valence-corrected chi connectivity index (χ1v) is 15.3. The lowest BCUT2D eigenvalue weighted by molar-refractivity contribution is 0.0985. The van der Waals surface area contributed by atoms with Crippen LogP contribution in [-0.2, 0) is 29.5 Å². The summed E-state index contributed by atoms with van der Waals surface area (Å²) in [5.74, 6) is -0.256. The minimum absolute atomic E-state index is 0.174. The number of amides is 1. The minimum Gasteiger partial charge on any atom is -0.279 e. The van der Waals surface area contributed by atoms with Crippen LogP contribution in [0.3, 0.4) is 0 Å². The van der Waals surface area contributed by atoms with Crippen LogP contribution in [0.2, 0.25) is 0 Å². The number of nitrogens with zero attached hydrogens (tertiary/aromatic N) is 4. The maximum absolute atomic E-state index is 13.9. The highest BCUT2D eigenvalue weighted by molar-refractivity contribution is 7.89. The van der Waals surface area contributed by atoms with Crippen molar-refractivity contribution in [1.82, 2.24) is 14.3 Å². The molecule has 0 aliphatic carbocycles. The van der Waals surface area contributed by atoms with Crippen molar-refractivity contribution >= 4 is 42.6 Å². The molecule has 6 rings (SSSR count). The van der Waals surface area contributed by atoms with E-state index in [1.807, 2.05) is 56.3 Å². The van der Waals surface area contributed by atoms with E-state index in [-0.39, 0.29) is 17.3 Å². The van der Waals surface area contributed by atoms with Gasteiger partial charge >= 0.3 is 0 Å². The number of aryl methyl sites for hydroxylation is 2. The topological polar surface area (TPSA) is 83.5 Å². The van der Waals surface area contributed by atoms with Crippen molar-refractivity contribution < 1.29 is 13.2 Å². The van der Waals surface area contributed by atoms with Crippen LogP contribution in [-0.4, -0.2) is 35.1 Å². The van der Waals surface area contributed by atoms with Crippen LogP contribution < -0.4 is 4.90 Å². The Morgan fingerprint density at radius 2 is 1.75 bits per heavy atom. The van der Waals surface area contributed by atoms with E-state index >= 15 is 0 Å². The van der Waals surface area contributed by atoms with E-state index < -0.39 is 10.0 Å². The molecule has 1 aliphatic heterocycles. The third-order valence-corrected chi connectivity index (χ3v) is 10.4. The number of hydrogen-bond acceptors (Lipinski definition) is 6. The molecule has 9 heteroatoms. The van der Waals surface area contributed by atoms with Crippen molar-refractivity contribution in [1.29, 1.82) is 0 Å². The number of hydrogen-bond donors (Lipinski definition) is 0. The number of carbonyl (C=O) groups excluding carboxylic acids is 1. The fourth-order valence-electron chi connectivity index (χ4n) is 4.98. The Balaban J connectivity index is 1.30. The van der Waals surface area contributed by atoms with Crippen molar-refractivity contribution in [3.05, 3.63) is 119 Å². The van der Waals surface area contributed by atoms with Gasteiger partial charge in [-0.25, -0.2) is 13.4 Å². The highest BCUT2D eigenvalue weighted by Crippen LogP contribution is 2.34. The fraction of sp³-hybridized carbons (Fsp3) is 0.194. The number of benzene rings is 3. The van der Waals surface area contributed by atoms with Crippen LogP contribution in [0.15, 0.2) is 90.1 Å². The molecule has 0 saturated carbocycles. The highest BCUT2D eigenvalue weighted by Gasteiger charge is 2.29. The average Bonchev–Trinajstić information content (AvgIpc) is 3.43. The lowest BCUT2D eigenvalue weighted by Gasteiger charge is -2.28. The van der Waals surface area contributed by atoms with Crippen LogP contribution in [0.1, 0.15) is 38.2 Å². The molecule has 0 bridgehead atoms. The summed E-state index contributed by atoms with van der Waals surface area (Å²) in [6, 6.07) is 22.0. The molecule has 1 amide bonds. The summed E-state index contributed by atoms with van der Waals surface area (Å²) in [6.45, 7) is 5.14. The Labute approximate surface area is 237 Å². The van der Waals surface area contributed by atoms with Crippen molar-refractivity contribution in [3.8, 4) is 0 Å². The number of thiazole rings is 1. The Bertz CT molecular complexity index is 1820. The first-order chi connectivity index (χ1) is 19.3. The van der Waals surface area contributed by atoms with E-state index in [9.17, 15) is 13.2 Å². The van der Waals surface area contributed by atoms with Gasteiger partial charge < -0.3 is 0 Å². The van der Waals surface area contributed by atoms with Crippen molar-refractivity contribution in [3.63, 3.8) is 0 Å². The van der Waals surface area contributed by atoms with Crippen molar-refractivity contribution in [2.45, 2.75) is 38.3 Å². The second-order valence-corrected chi connectivity index (χ2v) is 12.9. The molecule has 0 radical (unpaired) electrons. The van der Waals surface area contributed by atoms with E-state index in [1.165, 1.54) is 33.3 Å². The van der Waals surface area contributed by atoms with Crippen molar-refractivity contribution in [2.75, 3.05) is 11.4 Å². The fourth-order valence-corrected chi connectivity index (χ4v) is 7.42. The van der Waals surface area contributed by atoms with Gasteiger partial charge in [-0.1, -0.05) is 47.7 Å².